The van der Waals surface area contributed by atoms with Crippen molar-refractivity contribution in [2.24, 2.45) is 0 Å². The van der Waals surface area contributed by atoms with Crippen LogP contribution in [0.25, 0.3) is 11.0 Å². The van der Waals surface area contributed by atoms with Crippen LogP contribution in [-0.2, 0) is 4.79 Å². The molecule has 4 rings (SSSR count). The lowest BCUT2D eigenvalue weighted by atomic mass is 10.1. The summed E-state index contributed by atoms with van der Waals surface area (Å²) in [5.74, 6) is 1.20. The highest BCUT2D eigenvalue weighted by Gasteiger charge is 2.33. The van der Waals surface area contributed by atoms with E-state index in [9.17, 15) is 4.79 Å². The molecule has 23 heavy (non-hydrogen) atoms. The topological polar surface area (TPSA) is 49.0 Å². The third kappa shape index (κ3) is 2.50. The van der Waals surface area contributed by atoms with Crippen LogP contribution in [0.15, 0.2) is 42.5 Å². The molecule has 1 atom stereocenters. The molecule has 4 nitrogen and oxygen atoms in total. The summed E-state index contributed by atoms with van der Waals surface area (Å²) in [7, 11) is 0. The third-order valence-corrected chi connectivity index (χ3v) is 4.48. The molecule has 1 saturated heterocycles. The molecule has 1 N–H and O–H groups in total. The number of carbonyl (C=O) groups excluding carboxylic acids is 1. The van der Waals surface area contributed by atoms with E-state index in [1.165, 1.54) is 5.56 Å². The molecule has 1 amide bonds. The molecule has 0 radical (unpaired) electrons. The standard InChI is InChI=1S/C19H19N3O/c1-12-4-3-5-15(8-12)22-11-14(10-18(22)23)19-20-16-7-6-13(2)9-17(16)21-19/h3-9,14H,10-11H2,1-2H3,(H,20,21)/t14-/m1/s1. The zero-order valence-electron chi connectivity index (χ0n) is 13.3. The van der Waals surface area contributed by atoms with Gasteiger partial charge >= 0.3 is 0 Å². The van der Waals surface area contributed by atoms with Crippen LogP contribution in [0.2, 0.25) is 0 Å². The highest BCUT2D eigenvalue weighted by atomic mass is 16.2. The van der Waals surface area contributed by atoms with Gasteiger partial charge in [-0.05, 0) is 49.2 Å². The summed E-state index contributed by atoms with van der Waals surface area (Å²) < 4.78 is 0. The molecular formula is C19H19N3O. The second-order valence-electron chi connectivity index (χ2n) is 6.39. The molecule has 2 aromatic carbocycles. The van der Waals surface area contributed by atoms with Crippen LogP contribution in [0.4, 0.5) is 5.69 Å². The molecule has 116 valence electrons. The number of hydrogen-bond donors (Lipinski definition) is 1. The molecule has 3 aromatic rings. The van der Waals surface area contributed by atoms with Gasteiger partial charge in [0.25, 0.3) is 0 Å². The smallest absolute Gasteiger partial charge is 0.227 e. The van der Waals surface area contributed by atoms with Gasteiger partial charge in [-0.15, -0.1) is 0 Å². The van der Waals surface area contributed by atoms with E-state index < -0.39 is 0 Å². The zero-order valence-corrected chi connectivity index (χ0v) is 13.3. The van der Waals surface area contributed by atoms with Crippen LogP contribution in [-0.4, -0.2) is 22.4 Å². The fraction of sp³-hybridized carbons (Fsp3) is 0.263. The number of aromatic nitrogens is 2. The van der Waals surface area contributed by atoms with Gasteiger partial charge in [0, 0.05) is 24.6 Å². The van der Waals surface area contributed by atoms with Gasteiger partial charge in [0.15, 0.2) is 0 Å². The molecule has 4 heteroatoms. The zero-order chi connectivity index (χ0) is 16.0. The van der Waals surface area contributed by atoms with Crippen molar-refractivity contribution < 1.29 is 4.79 Å². The van der Waals surface area contributed by atoms with Gasteiger partial charge in [0.05, 0.1) is 11.0 Å². The monoisotopic (exact) mass is 305 g/mol. The molecular weight excluding hydrogens is 286 g/mol. The lowest BCUT2D eigenvalue weighted by molar-refractivity contribution is -0.117. The summed E-state index contributed by atoms with van der Waals surface area (Å²) in [6.07, 6.45) is 0.507. The molecule has 0 unspecified atom stereocenters. The third-order valence-electron chi connectivity index (χ3n) is 4.48. The van der Waals surface area contributed by atoms with Gasteiger partial charge in [0.2, 0.25) is 5.91 Å². The first-order valence-corrected chi connectivity index (χ1v) is 7.93. The first-order valence-electron chi connectivity index (χ1n) is 7.93. The average molecular weight is 305 g/mol. The van der Waals surface area contributed by atoms with Crippen LogP contribution in [0.3, 0.4) is 0 Å². The van der Waals surface area contributed by atoms with Crippen molar-refractivity contribution in [2.75, 3.05) is 11.4 Å². The van der Waals surface area contributed by atoms with E-state index >= 15 is 0 Å². The molecule has 0 spiro atoms. The Morgan fingerprint density at radius 3 is 2.78 bits per heavy atom. The number of hydrogen-bond acceptors (Lipinski definition) is 2. The maximum atomic E-state index is 12.4. The van der Waals surface area contributed by atoms with Gasteiger partial charge in [-0.3, -0.25) is 4.79 Å². The Kier molecular flexibility index (Phi) is 3.18. The number of nitrogens with zero attached hydrogens (tertiary/aromatic N) is 2. The number of amides is 1. The summed E-state index contributed by atoms with van der Waals surface area (Å²) in [6, 6.07) is 14.3. The summed E-state index contributed by atoms with van der Waals surface area (Å²) in [6.45, 7) is 4.79. The largest absolute Gasteiger partial charge is 0.342 e. The lowest BCUT2D eigenvalue weighted by Gasteiger charge is -2.16. The number of rotatable bonds is 2. The Morgan fingerprint density at radius 1 is 1.13 bits per heavy atom. The van der Waals surface area contributed by atoms with E-state index in [0.29, 0.717) is 13.0 Å². The molecule has 1 aromatic heterocycles. The fourth-order valence-electron chi connectivity index (χ4n) is 3.27. The van der Waals surface area contributed by atoms with Crippen molar-refractivity contribution >= 4 is 22.6 Å². The minimum Gasteiger partial charge on any atom is -0.342 e. The molecule has 0 bridgehead atoms. The van der Waals surface area contributed by atoms with Gasteiger partial charge in [-0.25, -0.2) is 4.98 Å². The highest BCUT2D eigenvalue weighted by Crippen LogP contribution is 2.31. The number of fused-ring (bicyclic) bond motifs is 1. The van der Waals surface area contributed by atoms with Crippen molar-refractivity contribution in [3.63, 3.8) is 0 Å². The van der Waals surface area contributed by atoms with Crippen molar-refractivity contribution in [1.82, 2.24) is 9.97 Å². The number of imidazole rings is 1. The Hall–Kier alpha value is -2.62. The van der Waals surface area contributed by atoms with Crippen LogP contribution in [0.5, 0.6) is 0 Å². The fourth-order valence-corrected chi connectivity index (χ4v) is 3.27. The molecule has 0 aliphatic carbocycles. The van der Waals surface area contributed by atoms with E-state index in [-0.39, 0.29) is 11.8 Å². The van der Waals surface area contributed by atoms with Crippen LogP contribution in [0.1, 0.15) is 29.3 Å². The van der Waals surface area contributed by atoms with Crippen molar-refractivity contribution in [3.05, 3.63) is 59.4 Å². The van der Waals surface area contributed by atoms with E-state index in [2.05, 4.69) is 35.1 Å². The number of aromatic amines is 1. The lowest BCUT2D eigenvalue weighted by Crippen LogP contribution is -2.24. The number of anilines is 1. The average Bonchev–Trinajstić information content (AvgIpc) is 3.10. The SMILES string of the molecule is Cc1cccc(N2C[C@H](c3nc4ccc(C)cc4[nH]3)CC2=O)c1. The van der Waals surface area contributed by atoms with Gasteiger partial charge < -0.3 is 9.88 Å². The quantitative estimate of drug-likeness (QED) is 0.785. The molecule has 1 fully saturated rings. The Labute approximate surface area is 135 Å². The summed E-state index contributed by atoms with van der Waals surface area (Å²) in [5.41, 5.74) is 5.35. The van der Waals surface area contributed by atoms with Crippen LogP contribution in [0, 0.1) is 13.8 Å². The Bertz CT molecular complexity index is 897. The van der Waals surface area contributed by atoms with E-state index in [1.54, 1.807) is 0 Å². The van der Waals surface area contributed by atoms with E-state index in [1.807, 2.05) is 36.1 Å². The number of H-pyrrole nitrogens is 1. The van der Waals surface area contributed by atoms with E-state index in [4.69, 9.17) is 0 Å². The summed E-state index contributed by atoms with van der Waals surface area (Å²) in [4.78, 5) is 22.4. The summed E-state index contributed by atoms with van der Waals surface area (Å²) >= 11 is 0. The van der Waals surface area contributed by atoms with Gasteiger partial charge in [-0.1, -0.05) is 18.2 Å². The molecule has 1 aliphatic heterocycles. The number of carbonyl (C=O) groups is 1. The number of benzene rings is 2. The maximum Gasteiger partial charge on any atom is 0.227 e. The maximum absolute atomic E-state index is 12.4. The van der Waals surface area contributed by atoms with Gasteiger partial charge in [0.1, 0.15) is 5.82 Å². The second-order valence-corrected chi connectivity index (χ2v) is 6.39. The Balaban J connectivity index is 1.64. The van der Waals surface area contributed by atoms with Gasteiger partial charge in [-0.2, -0.15) is 0 Å². The molecule has 0 saturated carbocycles. The summed E-state index contributed by atoms with van der Waals surface area (Å²) in [5, 5.41) is 0. The minimum absolute atomic E-state index is 0.121. The first-order chi connectivity index (χ1) is 11.1. The normalized spacial score (nSPS) is 18.1. The second kappa shape index (κ2) is 5.23. The van der Waals surface area contributed by atoms with Crippen molar-refractivity contribution in [2.45, 2.75) is 26.2 Å². The number of nitrogens with one attached hydrogen (secondary N) is 1. The molecule has 1 aliphatic rings. The highest BCUT2D eigenvalue weighted by molar-refractivity contribution is 5.96. The number of aryl methyl sites for hydroxylation is 2. The van der Waals surface area contributed by atoms with Crippen molar-refractivity contribution in [1.29, 1.82) is 0 Å². The van der Waals surface area contributed by atoms with Crippen molar-refractivity contribution in [3.8, 4) is 0 Å². The predicted molar refractivity (Wildman–Crippen MR) is 91.7 cm³/mol. The van der Waals surface area contributed by atoms with Crippen LogP contribution < -0.4 is 4.90 Å². The molecule has 2 heterocycles. The predicted octanol–water partition coefficient (Wildman–Crippen LogP) is 3.70. The first kappa shape index (κ1) is 14.0. The van der Waals surface area contributed by atoms with Crippen LogP contribution >= 0.6 is 0 Å². The Morgan fingerprint density at radius 2 is 1.96 bits per heavy atom. The van der Waals surface area contributed by atoms with E-state index in [0.717, 1.165) is 28.1 Å². The minimum atomic E-state index is 0.121.